The number of hydrogen-bond acceptors (Lipinski definition) is 10. The van der Waals surface area contributed by atoms with Crippen molar-refractivity contribution < 1.29 is 36.8 Å². The van der Waals surface area contributed by atoms with Crippen molar-refractivity contribution in [3.63, 3.8) is 0 Å². The van der Waals surface area contributed by atoms with Gasteiger partial charge in [0.15, 0.2) is 5.82 Å². The van der Waals surface area contributed by atoms with Gasteiger partial charge in [-0.2, -0.15) is 22.7 Å². The zero-order valence-electron chi connectivity index (χ0n) is 25.9. The Hall–Kier alpha value is -5.23. The average molecular weight is 704 g/mol. The van der Waals surface area contributed by atoms with Crippen molar-refractivity contribution in [3.8, 4) is 0 Å². The van der Waals surface area contributed by atoms with Gasteiger partial charge in [-0.1, -0.05) is 29.8 Å². The first kappa shape index (κ1) is 33.7. The van der Waals surface area contributed by atoms with E-state index in [1.54, 1.807) is 11.8 Å². The van der Waals surface area contributed by atoms with E-state index in [4.69, 9.17) is 20.9 Å². The summed E-state index contributed by atoms with van der Waals surface area (Å²) in [6, 6.07) is 3.99. The van der Waals surface area contributed by atoms with E-state index in [9.17, 15) is 32.3 Å². The van der Waals surface area contributed by atoms with Crippen LogP contribution in [-0.4, -0.2) is 86.3 Å². The van der Waals surface area contributed by atoms with Crippen LogP contribution in [0.15, 0.2) is 45.9 Å². The third-order valence-electron chi connectivity index (χ3n) is 8.04. The smallest absolute Gasteiger partial charge is 0.377 e. The first-order chi connectivity index (χ1) is 23.4. The average Bonchev–Trinajstić information content (AvgIpc) is 3.77. The molecule has 2 aliphatic heterocycles. The molecule has 2 aliphatic rings. The Bertz CT molecular complexity index is 2000. The van der Waals surface area contributed by atoms with Gasteiger partial charge in [0, 0.05) is 32.2 Å². The summed E-state index contributed by atoms with van der Waals surface area (Å²) in [6.45, 7) is 2.74. The Labute approximate surface area is 280 Å². The van der Waals surface area contributed by atoms with Crippen LogP contribution in [0.5, 0.6) is 0 Å². The molecule has 258 valence electrons. The second-order valence-corrected chi connectivity index (χ2v) is 11.5. The van der Waals surface area contributed by atoms with Crippen LogP contribution in [0.25, 0.3) is 11.4 Å². The Balaban J connectivity index is 1.31. The van der Waals surface area contributed by atoms with Gasteiger partial charge in [-0.15, -0.1) is 5.10 Å². The minimum atomic E-state index is -4.62. The number of nitrogens with one attached hydrogen (secondary N) is 2. The van der Waals surface area contributed by atoms with E-state index in [1.807, 2.05) is 6.08 Å². The zero-order valence-corrected chi connectivity index (χ0v) is 26.7. The normalized spacial score (nSPS) is 15.3. The molecule has 0 atom stereocenters. The van der Waals surface area contributed by atoms with Crippen LogP contribution in [-0.2, 0) is 38.3 Å². The summed E-state index contributed by atoms with van der Waals surface area (Å²) in [6.07, 6.45) is -0.713. The minimum Gasteiger partial charge on any atom is -0.377 e. The van der Waals surface area contributed by atoms with Gasteiger partial charge in [0.05, 0.1) is 41.4 Å². The van der Waals surface area contributed by atoms with Crippen molar-refractivity contribution in [3.05, 3.63) is 69.0 Å². The number of benzene rings is 1. The van der Waals surface area contributed by atoms with Crippen molar-refractivity contribution in [2.45, 2.75) is 32.5 Å². The van der Waals surface area contributed by atoms with Crippen molar-refractivity contribution >= 4 is 57.9 Å². The van der Waals surface area contributed by atoms with E-state index in [-0.39, 0.29) is 66.5 Å². The van der Waals surface area contributed by atoms with Gasteiger partial charge in [0.25, 0.3) is 5.56 Å². The molecule has 0 bridgehead atoms. The van der Waals surface area contributed by atoms with Gasteiger partial charge in [0.2, 0.25) is 17.6 Å². The van der Waals surface area contributed by atoms with E-state index >= 15 is 0 Å². The number of piperazine rings is 1. The number of ether oxygens (including phenoxy) is 1. The van der Waals surface area contributed by atoms with Crippen molar-refractivity contribution in [1.82, 2.24) is 29.2 Å². The molecule has 1 aromatic carbocycles. The summed E-state index contributed by atoms with van der Waals surface area (Å²) in [5.41, 5.74) is -0.0653. The molecule has 0 unspecified atom stereocenters. The summed E-state index contributed by atoms with van der Waals surface area (Å²) in [7, 11) is 0. The topological polar surface area (TPSA) is 169 Å². The molecule has 1 saturated heterocycles. The highest BCUT2D eigenvalue weighted by atomic mass is 35.5. The van der Waals surface area contributed by atoms with Gasteiger partial charge in [-0.3, -0.25) is 24.5 Å². The fraction of sp³-hybridized carbons (Fsp3) is 0.367. The predicted molar refractivity (Wildman–Crippen MR) is 169 cm³/mol. The van der Waals surface area contributed by atoms with Crippen LogP contribution in [0, 0.1) is 0 Å². The molecule has 4 aromatic rings. The Morgan fingerprint density at radius 2 is 1.86 bits per heavy atom. The number of alkyl halides is 3. The fourth-order valence-electron chi connectivity index (χ4n) is 5.64. The largest absolute Gasteiger partial charge is 0.416 e. The summed E-state index contributed by atoms with van der Waals surface area (Å²) >= 11 is 6.09. The highest BCUT2D eigenvalue weighted by Gasteiger charge is 2.32. The zero-order chi connectivity index (χ0) is 34.9. The summed E-state index contributed by atoms with van der Waals surface area (Å²) in [4.78, 5) is 60.5. The fourth-order valence-corrected chi connectivity index (χ4v) is 5.87. The number of hydrogen-bond donors (Lipinski definition) is 2. The predicted octanol–water partition coefficient (Wildman–Crippen LogP) is 2.84. The van der Waals surface area contributed by atoms with E-state index in [2.05, 4.69) is 25.9 Å². The first-order valence-electron chi connectivity index (χ1n) is 15.2. The standard InChI is InChI=1S/C30H29ClF3N9O6/c1-2-21-24(40-9-11-41(12-10-40)28(47)26(45)37-23-5-8-35-49-23)27(46)43-29(38-25(39-43)17-6-13-48-14-7-17)42(21)16-22(44)36-20-4-3-18(15-19(20)31)30(32,33)34/h3-6,8,15H,2,7,9-14,16H2,1H3,(H,36,44)(H,37,45). The summed E-state index contributed by atoms with van der Waals surface area (Å²) < 4.78 is 52.3. The monoisotopic (exact) mass is 703 g/mol. The number of anilines is 3. The number of carbonyl (C=O) groups is 3. The molecular weight excluding hydrogens is 675 g/mol. The summed E-state index contributed by atoms with van der Waals surface area (Å²) in [5, 5.41) is 12.6. The lowest BCUT2D eigenvalue weighted by molar-refractivity contribution is -0.143. The molecule has 5 heterocycles. The van der Waals surface area contributed by atoms with E-state index in [0.29, 0.717) is 25.3 Å². The van der Waals surface area contributed by atoms with E-state index in [0.717, 1.165) is 28.3 Å². The molecule has 1 fully saturated rings. The molecule has 49 heavy (non-hydrogen) atoms. The van der Waals surface area contributed by atoms with Crippen LogP contribution in [0.1, 0.15) is 30.4 Å². The van der Waals surface area contributed by atoms with Crippen molar-refractivity contribution in [2.24, 2.45) is 0 Å². The van der Waals surface area contributed by atoms with Gasteiger partial charge in [-0.25, -0.2) is 0 Å². The second-order valence-electron chi connectivity index (χ2n) is 11.1. The lowest BCUT2D eigenvalue weighted by Gasteiger charge is -2.36. The molecule has 0 aliphatic carbocycles. The molecule has 3 aromatic heterocycles. The molecule has 15 nitrogen and oxygen atoms in total. The molecule has 0 radical (unpaired) electrons. The highest BCUT2D eigenvalue weighted by molar-refractivity contribution is 6.39. The number of rotatable bonds is 7. The van der Waals surface area contributed by atoms with Crippen molar-refractivity contribution in [2.75, 3.05) is 54.9 Å². The summed E-state index contributed by atoms with van der Waals surface area (Å²) in [5.74, 6) is -1.95. The number of aromatic nitrogens is 5. The van der Waals surface area contributed by atoms with Crippen LogP contribution in [0.3, 0.4) is 0 Å². The quantitative estimate of drug-likeness (QED) is 0.273. The number of nitrogens with zero attached hydrogens (tertiary/aromatic N) is 7. The minimum absolute atomic E-state index is 0.0202. The van der Waals surface area contributed by atoms with E-state index < -0.39 is 41.6 Å². The molecular formula is C30H29ClF3N9O6. The number of carbonyl (C=O) groups excluding carboxylic acids is 3. The Morgan fingerprint density at radius 1 is 1.08 bits per heavy atom. The second kappa shape index (κ2) is 13.7. The maximum atomic E-state index is 14.1. The maximum absolute atomic E-state index is 14.1. The van der Waals surface area contributed by atoms with Gasteiger partial charge < -0.3 is 28.9 Å². The third-order valence-corrected chi connectivity index (χ3v) is 8.35. The maximum Gasteiger partial charge on any atom is 0.416 e. The lowest BCUT2D eigenvalue weighted by atomic mass is 10.1. The lowest BCUT2D eigenvalue weighted by Crippen LogP contribution is -2.53. The third kappa shape index (κ3) is 7.00. The molecule has 2 N–H and O–H groups in total. The number of halogens is 4. The highest BCUT2D eigenvalue weighted by Crippen LogP contribution is 2.34. The first-order valence-corrected chi connectivity index (χ1v) is 15.5. The van der Waals surface area contributed by atoms with Crippen LogP contribution in [0.2, 0.25) is 5.02 Å². The number of amides is 3. The Morgan fingerprint density at radius 3 is 2.49 bits per heavy atom. The van der Waals surface area contributed by atoms with Crippen LogP contribution < -0.4 is 21.1 Å². The number of fused-ring (bicyclic) bond motifs is 1. The molecule has 19 heteroatoms. The molecule has 3 amide bonds. The molecule has 6 rings (SSSR count). The molecule has 0 saturated carbocycles. The Kier molecular flexibility index (Phi) is 9.42. The van der Waals surface area contributed by atoms with Gasteiger partial charge in [0.1, 0.15) is 12.2 Å². The van der Waals surface area contributed by atoms with Crippen LogP contribution >= 0.6 is 11.6 Å². The van der Waals surface area contributed by atoms with E-state index in [1.165, 1.54) is 21.7 Å². The van der Waals surface area contributed by atoms with Crippen molar-refractivity contribution in [1.29, 1.82) is 0 Å². The molecule has 0 spiro atoms. The van der Waals surface area contributed by atoms with Gasteiger partial charge in [-0.05, 0) is 36.6 Å². The van der Waals surface area contributed by atoms with Gasteiger partial charge >= 0.3 is 18.0 Å². The van der Waals surface area contributed by atoms with Crippen LogP contribution in [0.4, 0.5) is 30.4 Å². The SMILES string of the molecule is CCc1c(N2CCN(C(=O)C(=O)Nc3ccno3)CC2)c(=O)n2nc(C3=CCOCC3)nc2n1CC(=O)Nc1ccc(C(F)(F)F)cc1Cl.